The van der Waals surface area contributed by atoms with Crippen LogP contribution >= 0.6 is 0 Å². The van der Waals surface area contributed by atoms with Gasteiger partial charge < -0.3 is 35.2 Å². The maximum Gasteiger partial charge on any atom is 0.397 e. The fraction of sp³-hybridized carbons (Fsp3) is 0.949. The molecule has 1 saturated heterocycles. The van der Waals surface area contributed by atoms with E-state index < -0.39 is 59.9 Å². The lowest BCUT2D eigenvalue weighted by atomic mass is 9.99. The summed E-state index contributed by atoms with van der Waals surface area (Å²) in [4.78, 5) is 13.1. The molecule has 7 unspecified atom stereocenters. The van der Waals surface area contributed by atoms with Crippen LogP contribution in [0.3, 0.4) is 0 Å². The summed E-state index contributed by atoms with van der Waals surface area (Å²) >= 11 is 0. The van der Waals surface area contributed by atoms with Gasteiger partial charge in [0.15, 0.2) is 6.29 Å². The summed E-state index contributed by atoms with van der Waals surface area (Å²) in [6.07, 6.45) is 51.0. The van der Waals surface area contributed by atoms with Crippen molar-refractivity contribution >= 4 is 16.3 Å². The number of amides is 1. The summed E-state index contributed by atoms with van der Waals surface area (Å²) in [6, 6.07) is -0.855. The highest BCUT2D eigenvalue weighted by atomic mass is 32.3. The molecule has 72 heavy (non-hydrogen) atoms. The number of carbonyl (C=O) groups is 1. The first kappa shape index (κ1) is 68.9. The Kier molecular flexibility index (Phi) is 47.3. The number of carbonyl (C=O) groups excluding carboxylic acids is 1. The molecule has 0 aliphatic carbocycles. The van der Waals surface area contributed by atoms with Crippen molar-refractivity contribution in [1.29, 1.82) is 0 Å². The highest BCUT2D eigenvalue weighted by molar-refractivity contribution is 7.80. The van der Waals surface area contributed by atoms with Gasteiger partial charge in [0.1, 0.15) is 24.4 Å². The van der Waals surface area contributed by atoms with Crippen LogP contribution < -0.4 is 5.32 Å². The number of rotatable bonds is 54. The summed E-state index contributed by atoms with van der Waals surface area (Å²) in [5, 5.41) is 45.1. The van der Waals surface area contributed by atoms with E-state index in [1.165, 1.54) is 225 Å². The molecule has 428 valence electrons. The molecule has 12 nitrogen and oxygen atoms in total. The van der Waals surface area contributed by atoms with Gasteiger partial charge in [-0.3, -0.25) is 9.35 Å². The standard InChI is InChI=1S/C59H115NO11S/c1-3-5-7-9-11-13-15-17-19-20-21-22-23-24-25-26-27-28-29-30-31-32-33-34-35-37-39-41-43-45-47-49-55(63)60-52(51-69-59-57(65)58(71-72(66,67)68)56(64)54(50-61)70-59)53(62)48-46-44-42-40-38-36-18-16-14-12-10-8-6-4-2/h24-25,52-54,56-59,61-62,64-65H,3-23,26-51H2,1-2H3,(H,60,63)(H,66,67,68)/b25-24-. The van der Waals surface area contributed by atoms with E-state index in [1.54, 1.807) is 0 Å². The Morgan fingerprint density at radius 3 is 1.25 bits per heavy atom. The average Bonchev–Trinajstić information content (AvgIpc) is 3.36. The Hall–Kier alpha value is -1.16. The molecular weight excluding hydrogens is 931 g/mol. The summed E-state index contributed by atoms with van der Waals surface area (Å²) in [7, 11) is -5.08. The number of hydrogen-bond acceptors (Lipinski definition) is 10. The number of ether oxygens (including phenoxy) is 2. The molecule has 1 aliphatic heterocycles. The third-order valence-corrected chi connectivity index (χ3v) is 15.3. The van der Waals surface area contributed by atoms with Gasteiger partial charge in [-0.2, -0.15) is 8.42 Å². The molecule has 0 saturated carbocycles. The van der Waals surface area contributed by atoms with Crippen LogP contribution in [0.5, 0.6) is 0 Å². The molecule has 0 aromatic rings. The maximum absolute atomic E-state index is 13.1. The molecule has 1 heterocycles. The zero-order valence-electron chi connectivity index (χ0n) is 46.5. The van der Waals surface area contributed by atoms with E-state index in [2.05, 4.69) is 35.5 Å². The minimum Gasteiger partial charge on any atom is -0.394 e. The van der Waals surface area contributed by atoms with Gasteiger partial charge >= 0.3 is 10.4 Å². The molecule has 1 rings (SSSR count). The van der Waals surface area contributed by atoms with Crippen LogP contribution in [0.25, 0.3) is 0 Å². The minimum absolute atomic E-state index is 0.225. The Bertz CT molecular complexity index is 1320. The molecule has 1 aliphatic rings. The normalized spacial score (nSPS) is 19.3. The number of allylic oxidation sites excluding steroid dienone is 2. The molecule has 0 bridgehead atoms. The number of hydrogen-bond donors (Lipinski definition) is 6. The molecule has 1 fully saturated rings. The third kappa shape index (κ3) is 41.1. The second-order valence-corrected chi connectivity index (χ2v) is 22.7. The second-order valence-electron chi connectivity index (χ2n) is 21.6. The van der Waals surface area contributed by atoms with Gasteiger partial charge in [-0.1, -0.05) is 270 Å². The van der Waals surface area contributed by atoms with Crippen LogP contribution in [-0.4, -0.2) is 95.4 Å². The first-order chi connectivity index (χ1) is 35.0. The Morgan fingerprint density at radius 1 is 0.542 bits per heavy atom. The van der Waals surface area contributed by atoms with E-state index in [-0.39, 0.29) is 12.5 Å². The van der Waals surface area contributed by atoms with Gasteiger partial charge in [-0.25, -0.2) is 4.18 Å². The quantitative estimate of drug-likeness (QED) is 0.0193. The summed E-state index contributed by atoms with van der Waals surface area (Å²) in [5.41, 5.74) is 0. The van der Waals surface area contributed by atoms with Crippen LogP contribution in [0.2, 0.25) is 0 Å². The minimum atomic E-state index is -5.08. The van der Waals surface area contributed by atoms with Gasteiger partial charge in [0.2, 0.25) is 5.91 Å². The summed E-state index contributed by atoms with van der Waals surface area (Å²) in [6.45, 7) is 3.49. The third-order valence-electron chi connectivity index (χ3n) is 14.8. The lowest BCUT2D eigenvalue weighted by Crippen LogP contribution is -2.61. The Balaban J connectivity index is 2.23. The van der Waals surface area contributed by atoms with Crippen molar-refractivity contribution in [2.45, 2.75) is 346 Å². The molecule has 6 N–H and O–H groups in total. The molecule has 13 heteroatoms. The van der Waals surface area contributed by atoms with E-state index in [9.17, 15) is 38.2 Å². The van der Waals surface area contributed by atoms with Gasteiger partial charge in [-0.05, 0) is 38.5 Å². The smallest absolute Gasteiger partial charge is 0.394 e. The van der Waals surface area contributed by atoms with Crippen LogP contribution in [0.1, 0.15) is 303 Å². The fourth-order valence-electron chi connectivity index (χ4n) is 10.1. The van der Waals surface area contributed by atoms with Gasteiger partial charge in [0, 0.05) is 6.42 Å². The predicted octanol–water partition coefficient (Wildman–Crippen LogP) is 14.6. The van der Waals surface area contributed by atoms with E-state index in [0.29, 0.717) is 12.8 Å². The highest BCUT2D eigenvalue weighted by Gasteiger charge is 2.48. The molecule has 0 radical (unpaired) electrons. The molecule has 0 spiro atoms. The zero-order chi connectivity index (χ0) is 52.6. The molecule has 7 atom stereocenters. The van der Waals surface area contributed by atoms with E-state index in [4.69, 9.17) is 9.47 Å². The van der Waals surface area contributed by atoms with Crippen LogP contribution in [0.4, 0.5) is 0 Å². The summed E-state index contributed by atoms with van der Waals surface area (Å²) < 4.78 is 47.9. The predicted molar refractivity (Wildman–Crippen MR) is 296 cm³/mol. The number of nitrogens with one attached hydrogen (secondary N) is 1. The second kappa shape index (κ2) is 49.4. The molecule has 0 aromatic carbocycles. The molecular formula is C59H115NO11S. The van der Waals surface area contributed by atoms with Crippen molar-refractivity contribution in [3.05, 3.63) is 12.2 Å². The van der Waals surface area contributed by atoms with Crippen molar-refractivity contribution in [3.8, 4) is 0 Å². The lowest BCUT2D eigenvalue weighted by molar-refractivity contribution is -0.298. The van der Waals surface area contributed by atoms with Crippen LogP contribution in [0, 0.1) is 0 Å². The van der Waals surface area contributed by atoms with Crippen molar-refractivity contribution < 1.29 is 51.8 Å². The monoisotopic (exact) mass is 1050 g/mol. The van der Waals surface area contributed by atoms with Crippen molar-refractivity contribution in [2.75, 3.05) is 13.2 Å². The fourth-order valence-corrected chi connectivity index (χ4v) is 10.6. The number of aliphatic hydroxyl groups is 4. The largest absolute Gasteiger partial charge is 0.397 e. The van der Waals surface area contributed by atoms with E-state index in [0.717, 1.165) is 51.4 Å². The number of unbranched alkanes of at least 4 members (excludes halogenated alkanes) is 40. The Morgan fingerprint density at radius 2 is 0.889 bits per heavy atom. The van der Waals surface area contributed by atoms with Crippen molar-refractivity contribution in [1.82, 2.24) is 5.32 Å². The van der Waals surface area contributed by atoms with Crippen LogP contribution in [0.15, 0.2) is 12.2 Å². The van der Waals surface area contributed by atoms with Crippen molar-refractivity contribution in [3.63, 3.8) is 0 Å². The van der Waals surface area contributed by atoms with E-state index >= 15 is 0 Å². The topological polar surface area (TPSA) is 192 Å². The SMILES string of the molecule is CCCCCCCCCCCCCC/C=C\CCCCCCCCCCCCCCCCCC(=O)NC(COC1OC(CO)C(O)C(OS(=O)(=O)O)C1O)C(O)CCCCCCCCCCCCCCCC. The van der Waals surface area contributed by atoms with Gasteiger partial charge in [0.25, 0.3) is 0 Å². The maximum atomic E-state index is 13.1. The summed E-state index contributed by atoms with van der Waals surface area (Å²) in [5.74, 6) is -0.225. The van der Waals surface area contributed by atoms with E-state index in [1.807, 2.05) is 0 Å². The zero-order valence-corrected chi connectivity index (χ0v) is 47.3. The van der Waals surface area contributed by atoms with Gasteiger partial charge in [0.05, 0.1) is 25.4 Å². The molecule has 0 aromatic heterocycles. The van der Waals surface area contributed by atoms with Crippen molar-refractivity contribution in [2.24, 2.45) is 0 Å². The average molecular weight is 1050 g/mol. The molecule has 1 amide bonds. The lowest BCUT2D eigenvalue weighted by Gasteiger charge is -2.41. The highest BCUT2D eigenvalue weighted by Crippen LogP contribution is 2.26. The number of aliphatic hydroxyl groups excluding tert-OH is 4. The Labute approximate surface area is 442 Å². The van der Waals surface area contributed by atoms with Gasteiger partial charge in [-0.15, -0.1) is 0 Å². The first-order valence-electron chi connectivity index (χ1n) is 30.6. The van der Waals surface area contributed by atoms with Crippen LogP contribution in [-0.2, 0) is 28.9 Å². The first-order valence-corrected chi connectivity index (χ1v) is 31.9.